The van der Waals surface area contributed by atoms with Gasteiger partial charge in [0.05, 0.1) is 0 Å². The van der Waals surface area contributed by atoms with E-state index in [1.807, 2.05) is 0 Å². The van der Waals surface area contributed by atoms with Gasteiger partial charge in [-0.1, -0.05) is 31.2 Å². The summed E-state index contributed by atoms with van der Waals surface area (Å²) in [6.45, 7) is 10.8. The van der Waals surface area contributed by atoms with Crippen molar-refractivity contribution in [1.82, 2.24) is 19.7 Å². The van der Waals surface area contributed by atoms with Gasteiger partial charge in [-0.05, 0) is 30.7 Å². The molecule has 2 aromatic rings. The monoisotopic (exact) mass is 382 g/mol. The Morgan fingerprint density at radius 2 is 1.61 bits per heavy atom. The lowest BCUT2D eigenvalue weighted by molar-refractivity contribution is 0.0942. The molecule has 0 radical (unpaired) electrons. The van der Waals surface area contributed by atoms with Gasteiger partial charge in [0, 0.05) is 58.1 Å². The predicted molar refractivity (Wildman–Crippen MR) is 110 cm³/mol. The number of ketones is 1. The Morgan fingerprint density at radius 1 is 1.00 bits per heavy atom. The topological polar surface area (TPSA) is 57.6 Å². The number of aryl methyl sites for hydroxylation is 1. The largest absolute Gasteiger partial charge is 0.347 e. The number of aromatic nitrogens is 1. The van der Waals surface area contributed by atoms with Crippen LogP contribution in [0.2, 0.25) is 0 Å². The number of Topliss-reactive ketones (excluding diaryl/α,β-unsaturated/α-hetero) is 1. The molecule has 28 heavy (non-hydrogen) atoms. The van der Waals surface area contributed by atoms with E-state index in [1.165, 1.54) is 12.5 Å². The molecule has 3 rings (SSSR count). The second-order valence-corrected chi connectivity index (χ2v) is 7.49. The smallest absolute Gasteiger partial charge is 0.268 e. The van der Waals surface area contributed by atoms with Crippen LogP contribution >= 0.6 is 0 Å². The molecule has 0 spiro atoms. The average molecular weight is 383 g/mol. The molecule has 0 atom stereocenters. The van der Waals surface area contributed by atoms with Crippen LogP contribution in [0.4, 0.5) is 0 Å². The fraction of sp³-hybridized carbons (Fsp3) is 0.455. The first-order valence-corrected chi connectivity index (χ1v) is 9.94. The number of nitrogens with zero attached hydrogens (tertiary/aromatic N) is 3. The highest BCUT2D eigenvalue weighted by Crippen LogP contribution is 2.11. The minimum Gasteiger partial charge on any atom is -0.347 e. The van der Waals surface area contributed by atoms with Crippen LogP contribution in [0.15, 0.2) is 36.5 Å². The summed E-state index contributed by atoms with van der Waals surface area (Å²) in [7, 11) is 1.77. The van der Waals surface area contributed by atoms with Gasteiger partial charge in [0.1, 0.15) is 5.69 Å². The molecule has 1 aliphatic heterocycles. The molecular formula is C22H30N4O2. The lowest BCUT2D eigenvalue weighted by atomic mass is 10.1. The first kappa shape index (κ1) is 20.3. The highest BCUT2D eigenvalue weighted by Gasteiger charge is 2.16. The zero-order chi connectivity index (χ0) is 20.1. The van der Waals surface area contributed by atoms with Gasteiger partial charge >= 0.3 is 0 Å². The van der Waals surface area contributed by atoms with Crippen molar-refractivity contribution in [1.29, 1.82) is 0 Å². The number of hydrogen-bond acceptors (Lipinski definition) is 4. The van der Waals surface area contributed by atoms with Crippen molar-refractivity contribution >= 4 is 11.7 Å². The van der Waals surface area contributed by atoms with E-state index in [-0.39, 0.29) is 11.7 Å². The molecule has 1 aliphatic rings. The average Bonchev–Trinajstić information content (AvgIpc) is 3.10. The number of carbonyl (C=O) groups excluding carboxylic acids is 2. The van der Waals surface area contributed by atoms with E-state index in [1.54, 1.807) is 23.9 Å². The van der Waals surface area contributed by atoms with Gasteiger partial charge in [-0.2, -0.15) is 0 Å². The highest BCUT2D eigenvalue weighted by molar-refractivity contribution is 5.99. The third-order valence-electron chi connectivity index (χ3n) is 5.44. The quantitative estimate of drug-likeness (QED) is 0.747. The van der Waals surface area contributed by atoms with E-state index >= 15 is 0 Å². The molecule has 6 nitrogen and oxygen atoms in total. The molecular weight excluding hydrogens is 352 g/mol. The van der Waals surface area contributed by atoms with Crippen molar-refractivity contribution in [3.63, 3.8) is 0 Å². The van der Waals surface area contributed by atoms with Gasteiger partial charge in [-0.3, -0.25) is 14.5 Å². The maximum Gasteiger partial charge on any atom is 0.268 e. The first-order chi connectivity index (χ1) is 13.5. The Hall–Kier alpha value is -2.44. The fourth-order valence-electron chi connectivity index (χ4n) is 3.54. The maximum absolute atomic E-state index is 12.4. The number of likely N-dealkylation sites (N-methyl/N-ethyl adjacent to an activating group) is 1. The van der Waals surface area contributed by atoms with Crippen LogP contribution in [0.5, 0.6) is 0 Å². The second-order valence-electron chi connectivity index (χ2n) is 7.49. The molecule has 1 saturated heterocycles. The van der Waals surface area contributed by atoms with E-state index in [2.05, 4.69) is 46.3 Å². The predicted octanol–water partition coefficient (Wildman–Crippen LogP) is 2.30. The minimum absolute atomic E-state index is 0.0404. The van der Waals surface area contributed by atoms with Crippen molar-refractivity contribution < 1.29 is 9.59 Å². The number of amides is 1. The van der Waals surface area contributed by atoms with Crippen molar-refractivity contribution in [2.45, 2.75) is 26.9 Å². The van der Waals surface area contributed by atoms with Crippen molar-refractivity contribution in [2.24, 2.45) is 7.05 Å². The van der Waals surface area contributed by atoms with Crippen molar-refractivity contribution in [2.75, 3.05) is 32.7 Å². The molecule has 0 unspecified atom stereocenters. The van der Waals surface area contributed by atoms with Gasteiger partial charge in [-0.15, -0.1) is 0 Å². The van der Waals surface area contributed by atoms with Crippen molar-refractivity contribution in [3.05, 3.63) is 58.9 Å². The van der Waals surface area contributed by atoms with Crippen LogP contribution < -0.4 is 5.32 Å². The molecule has 1 aromatic heterocycles. The van der Waals surface area contributed by atoms with E-state index in [4.69, 9.17) is 0 Å². The second kappa shape index (κ2) is 9.17. The Bertz CT molecular complexity index is 818. The Labute approximate surface area is 167 Å². The Balaban J connectivity index is 1.50. The van der Waals surface area contributed by atoms with E-state index in [0.717, 1.165) is 44.8 Å². The molecule has 1 amide bonds. The minimum atomic E-state index is -0.173. The summed E-state index contributed by atoms with van der Waals surface area (Å²) in [6, 6.07) is 10.1. The molecule has 0 aliphatic carbocycles. The third kappa shape index (κ3) is 5.09. The number of nitrogens with one attached hydrogen (secondary N) is 1. The maximum atomic E-state index is 12.4. The summed E-state index contributed by atoms with van der Waals surface area (Å²) in [5, 5.41) is 2.93. The van der Waals surface area contributed by atoms with Gasteiger partial charge < -0.3 is 14.8 Å². The number of rotatable bonds is 7. The third-order valence-corrected chi connectivity index (χ3v) is 5.44. The van der Waals surface area contributed by atoms with Gasteiger partial charge in [-0.25, -0.2) is 0 Å². The standard InChI is InChI=1S/C22H30N4O2/c1-4-25-9-11-26(12-10-25)15-19-7-5-18(6-8-19)14-23-22(28)21-13-20(17(2)27)16-24(21)3/h5-8,13,16H,4,9-12,14-15H2,1-3H3,(H,23,28). The molecule has 0 bridgehead atoms. The highest BCUT2D eigenvalue weighted by atomic mass is 16.2. The zero-order valence-corrected chi connectivity index (χ0v) is 17.1. The first-order valence-electron chi connectivity index (χ1n) is 9.94. The van der Waals surface area contributed by atoms with Gasteiger partial charge in [0.15, 0.2) is 5.78 Å². The summed E-state index contributed by atoms with van der Waals surface area (Å²) in [6.07, 6.45) is 1.69. The summed E-state index contributed by atoms with van der Waals surface area (Å²) in [5.41, 5.74) is 3.41. The zero-order valence-electron chi connectivity index (χ0n) is 17.1. The van der Waals surface area contributed by atoms with Crippen LogP contribution in [0.1, 0.15) is 45.8 Å². The van der Waals surface area contributed by atoms with Crippen LogP contribution in [0.3, 0.4) is 0 Å². The van der Waals surface area contributed by atoms with Crippen LogP contribution in [-0.2, 0) is 20.1 Å². The molecule has 150 valence electrons. The Morgan fingerprint density at radius 3 is 2.18 bits per heavy atom. The summed E-state index contributed by atoms with van der Waals surface area (Å²) in [4.78, 5) is 28.8. The molecule has 1 aromatic carbocycles. The molecule has 6 heteroatoms. The SMILES string of the molecule is CCN1CCN(Cc2ccc(CNC(=O)c3cc(C(C)=O)cn3C)cc2)CC1. The summed E-state index contributed by atoms with van der Waals surface area (Å²) < 4.78 is 1.69. The van der Waals surface area contributed by atoms with E-state index in [0.29, 0.717) is 17.8 Å². The Kier molecular flexibility index (Phi) is 6.65. The van der Waals surface area contributed by atoms with Crippen LogP contribution in [0, 0.1) is 0 Å². The molecule has 1 N–H and O–H groups in total. The number of carbonyl (C=O) groups is 2. The molecule has 1 fully saturated rings. The van der Waals surface area contributed by atoms with Crippen molar-refractivity contribution in [3.8, 4) is 0 Å². The van der Waals surface area contributed by atoms with Gasteiger partial charge in [0.25, 0.3) is 5.91 Å². The fourth-order valence-corrected chi connectivity index (χ4v) is 3.54. The van der Waals surface area contributed by atoms with Crippen LogP contribution in [-0.4, -0.2) is 58.8 Å². The lowest BCUT2D eigenvalue weighted by Crippen LogP contribution is -2.45. The summed E-state index contributed by atoms with van der Waals surface area (Å²) in [5.74, 6) is -0.214. The molecule has 2 heterocycles. The van der Waals surface area contributed by atoms with E-state index < -0.39 is 0 Å². The van der Waals surface area contributed by atoms with E-state index in [9.17, 15) is 9.59 Å². The van der Waals surface area contributed by atoms with Gasteiger partial charge in [0.2, 0.25) is 0 Å². The molecule has 0 saturated carbocycles. The number of benzene rings is 1. The normalized spacial score (nSPS) is 15.5. The lowest BCUT2D eigenvalue weighted by Gasteiger charge is -2.34. The number of hydrogen-bond donors (Lipinski definition) is 1. The summed E-state index contributed by atoms with van der Waals surface area (Å²) >= 11 is 0. The number of piperazine rings is 1. The van der Waals surface area contributed by atoms with Crippen LogP contribution in [0.25, 0.3) is 0 Å².